The van der Waals surface area contributed by atoms with Gasteiger partial charge < -0.3 is 4.90 Å². The number of amides is 1. The normalized spacial score (nSPS) is 27.4. The fourth-order valence-electron chi connectivity index (χ4n) is 2.70. The SMILES string of the molecule is CCC(=O)N=C1SC2CS(=O)(=O)CC2N1c1cc(Cl)ccc1Cl. The summed E-state index contributed by atoms with van der Waals surface area (Å²) in [4.78, 5) is 17.6. The van der Waals surface area contributed by atoms with Gasteiger partial charge in [-0.2, -0.15) is 4.99 Å². The molecule has 2 aliphatic heterocycles. The third-order valence-electron chi connectivity index (χ3n) is 3.76. The summed E-state index contributed by atoms with van der Waals surface area (Å²) in [6.45, 7) is 1.73. The Bertz CT molecular complexity index is 795. The fourth-order valence-corrected chi connectivity index (χ4v) is 7.00. The number of carbonyl (C=O) groups excluding carboxylic acids is 1. The summed E-state index contributed by atoms with van der Waals surface area (Å²) in [6.07, 6.45) is 0.287. The molecule has 0 bridgehead atoms. The Morgan fingerprint density at radius 1 is 1.39 bits per heavy atom. The van der Waals surface area contributed by atoms with E-state index in [1.165, 1.54) is 11.8 Å². The first-order chi connectivity index (χ1) is 10.8. The second kappa shape index (κ2) is 6.27. The van der Waals surface area contributed by atoms with Crippen LogP contribution in [-0.2, 0) is 14.6 Å². The van der Waals surface area contributed by atoms with Gasteiger partial charge in [-0.1, -0.05) is 41.9 Å². The van der Waals surface area contributed by atoms with Crippen molar-refractivity contribution in [2.75, 3.05) is 16.4 Å². The van der Waals surface area contributed by atoms with Gasteiger partial charge in [0, 0.05) is 16.7 Å². The van der Waals surface area contributed by atoms with Crippen LogP contribution in [0.4, 0.5) is 5.69 Å². The van der Waals surface area contributed by atoms with E-state index in [9.17, 15) is 13.2 Å². The molecule has 2 saturated heterocycles. The van der Waals surface area contributed by atoms with Crippen LogP contribution in [0.2, 0.25) is 10.0 Å². The molecule has 2 aliphatic rings. The Hall–Kier alpha value is -0.760. The number of anilines is 1. The molecule has 1 aromatic rings. The lowest BCUT2D eigenvalue weighted by Gasteiger charge is -2.25. The van der Waals surface area contributed by atoms with Crippen molar-refractivity contribution in [2.45, 2.75) is 24.6 Å². The molecular weight excluding hydrogens is 379 g/mol. The highest BCUT2D eigenvalue weighted by molar-refractivity contribution is 8.16. The van der Waals surface area contributed by atoms with E-state index >= 15 is 0 Å². The Kier molecular flexibility index (Phi) is 4.66. The number of hydrogen-bond acceptors (Lipinski definition) is 4. The monoisotopic (exact) mass is 392 g/mol. The van der Waals surface area contributed by atoms with E-state index < -0.39 is 9.84 Å². The largest absolute Gasteiger partial charge is 0.314 e. The molecule has 2 fully saturated rings. The Morgan fingerprint density at radius 2 is 2.13 bits per heavy atom. The summed E-state index contributed by atoms with van der Waals surface area (Å²) in [5.74, 6) is -0.151. The number of hydrogen-bond donors (Lipinski definition) is 0. The minimum Gasteiger partial charge on any atom is -0.314 e. The molecule has 1 aromatic carbocycles. The third-order valence-corrected chi connectivity index (χ3v) is 7.52. The first-order valence-electron chi connectivity index (χ1n) is 7.03. The molecule has 2 atom stereocenters. The molecule has 0 aliphatic carbocycles. The molecule has 3 rings (SSSR count). The summed E-state index contributed by atoms with van der Waals surface area (Å²) in [6, 6.07) is 4.70. The molecule has 1 amide bonds. The van der Waals surface area contributed by atoms with Gasteiger partial charge in [-0.15, -0.1) is 0 Å². The van der Waals surface area contributed by atoms with Gasteiger partial charge >= 0.3 is 0 Å². The van der Waals surface area contributed by atoms with Crippen LogP contribution in [0.3, 0.4) is 0 Å². The maximum absolute atomic E-state index is 12.0. The second-order valence-corrected chi connectivity index (χ2v) is 9.61. The number of nitrogens with zero attached hydrogens (tertiary/aromatic N) is 2. The quantitative estimate of drug-likeness (QED) is 0.773. The Labute approximate surface area is 149 Å². The lowest BCUT2D eigenvalue weighted by Crippen LogP contribution is -2.37. The van der Waals surface area contributed by atoms with E-state index in [-0.39, 0.29) is 35.1 Å². The standard InChI is InChI=1S/C14H14Cl2N2O3S2/c1-2-13(19)17-14-18(10-5-8(15)3-4-9(10)16)11-6-23(20,21)7-12(11)22-14/h3-5,11-12H,2,6-7H2,1H3. The predicted octanol–water partition coefficient (Wildman–Crippen LogP) is 3.00. The molecule has 0 radical (unpaired) electrons. The predicted molar refractivity (Wildman–Crippen MR) is 95.5 cm³/mol. The third kappa shape index (κ3) is 3.38. The smallest absolute Gasteiger partial charge is 0.247 e. The van der Waals surface area contributed by atoms with Crippen LogP contribution in [0.25, 0.3) is 0 Å². The lowest BCUT2D eigenvalue weighted by atomic mass is 10.2. The summed E-state index contributed by atoms with van der Waals surface area (Å²) in [7, 11) is -3.11. The molecule has 0 N–H and O–H groups in total. The van der Waals surface area contributed by atoms with Crippen molar-refractivity contribution >= 4 is 61.6 Å². The minimum atomic E-state index is -3.11. The number of amidine groups is 1. The van der Waals surface area contributed by atoms with Gasteiger partial charge in [0.25, 0.3) is 0 Å². The zero-order chi connectivity index (χ0) is 16.8. The summed E-state index contributed by atoms with van der Waals surface area (Å²) in [5, 5.41) is 1.26. The molecule has 5 nitrogen and oxygen atoms in total. The number of rotatable bonds is 2. The first-order valence-corrected chi connectivity index (χ1v) is 10.5. The van der Waals surface area contributed by atoms with Gasteiger partial charge in [-0.25, -0.2) is 8.42 Å². The zero-order valence-corrected chi connectivity index (χ0v) is 15.3. The highest BCUT2D eigenvalue weighted by atomic mass is 35.5. The van der Waals surface area contributed by atoms with Gasteiger partial charge in [0.05, 0.1) is 28.3 Å². The van der Waals surface area contributed by atoms with Crippen LogP contribution in [0.15, 0.2) is 23.2 Å². The maximum Gasteiger partial charge on any atom is 0.247 e. The van der Waals surface area contributed by atoms with Crippen LogP contribution in [-0.4, -0.2) is 42.3 Å². The van der Waals surface area contributed by atoms with Crippen molar-refractivity contribution in [1.82, 2.24) is 0 Å². The number of fused-ring (bicyclic) bond motifs is 1. The van der Waals surface area contributed by atoms with Crippen molar-refractivity contribution < 1.29 is 13.2 Å². The summed E-state index contributed by atoms with van der Waals surface area (Å²) >= 11 is 13.7. The number of benzene rings is 1. The van der Waals surface area contributed by atoms with E-state index in [2.05, 4.69) is 4.99 Å². The average molecular weight is 393 g/mol. The number of aliphatic imine (C=N–C) groups is 1. The minimum absolute atomic E-state index is 0.0207. The fraction of sp³-hybridized carbons (Fsp3) is 0.429. The van der Waals surface area contributed by atoms with Gasteiger partial charge in [0.15, 0.2) is 15.0 Å². The molecular formula is C14H14Cl2N2O3S2. The van der Waals surface area contributed by atoms with E-state index in [0.717, 1.165) is 0 Å². The highest BCUT2D eigenvalue weighted by Crippen LogP contribution is 2.43. The van der Waals surface area contributed by atoms with Crippen LogP contribution in [0.1, 0.15) is 13.3 Å². The summed E-state index contributed by atoms with van der Waals surface area (Å²) in [5.41, 5.74) is 0.582. The van der Waals surface area contributed by atoms with Crippen molar-refractivity contribution in [3.8, 4) is 0 Å². The average Bonchev–Trinajstić information content (AvgIpc) is 2.92. The number of halogens is 2. The topological polar surface area (TPSA) is 66.8 Å². The highest BCUT2D eigenvalue weighted by Gasteiger charge is 2.49. The molecule has 9 heteroatoms. The molecule has 2 heterocycles. The van der Waals surface area contributed by atoms with Crippen molar-refractivity contribution in [2.24, 2.45) is 4.99 Å². The van der Waals surface area contributed by atoms with E-state index in [0.29, 0.717) is 20.9 Å². The van der Waals surface area contributed by atoms with Gasteiger partial charge in [-0.05, 0) is 18.2 Å². The van der Waals surface area contributed by atoms with E-state index in [4.69, 9.17) is 23.2 Å². The van der Waals surface area contributed by atoms with Crippen molar-refractivity contribution in [3.05, 3.63) is 28.2 Å². The van der Waals surface area contributed by atoms with E-state index in [1.807, 2.05) is 0 Å². The Morgan fingerprint density at radius 3 is 2.83 bits per heavy atom. The van der Waals surface area contributed by atoms with Gasteiger partial charge in [0.2, 0.25) is 5.91 Å². The molecule has 23 heavy (non-hydrogen) atoms. The van der Waals surface area contributed by atoms with Crippen LogP contribution in [0, 0.1) is 0 Å². The number of carbonyl (C=O) groups is 1. The van der Waals surface area contributed by atoms with E-state index in [1.54, 1.807) is 30.0 Å². The molecule has 0 saturated carbocycles. The number of thioether (sulfide) groups is 1. The second-order valence-electron chi connectivity index (χ2n) is 5.41. The van der Waals surface area contributed by atoms with Crippen molar-refractivity contribution in [3.63, 3.8) is 0 Å². The molecule has 0 aromatic heterocycles. The van der Waals surface area contributed by atoms with Gasteiger partial charge in [-0.3, -0.25) is 4.79 Å². The summed E-state index contributed by atoms with van der Waals surface area (Å²) < 4.78 is 23.9. The maximum atomic E-state index is 12.0. The number of sulfone groups is 1. The van der Waals surface area contributed by atoms with Gasteiger partial charge in [0.1, 0.15) is 0 Å². The lowest BCUT2D eigenvalue weighted by molar-refractivity contribution is -0.117. The zero-order valence-electron chi connectivity index (χ0n) is 12.2. The van der Waals surface area contributed by atoms with Crippen LogP contribution in [0.5, 0.6) is 0 Å². The first kappa shape index (κ1) is 17.1. The Balaban J connectivity index is 2.08. The van der Waals surface area contributed by atoms with Crippen molar-refractivity contribution in [1.29, 1.82) is 0 Å². The molecule has 0 spiro atoms. The molecule has 124 valence electrons. The molecule has 2 unspecified atom stereocenters. The van der Waals surface area contributed by atoms with Crippen LogP contribution < -0.4 is 4.90 Å². The van der Waals surface area contributed by atoms with Crippen LogP contribution >= 0.6 is 35.0 Å².